The molecule has 0 saturated heterocycles. The molecule has 0 bridgehead atoms. The number of amides is 3. The van der Waals surface area contributed by atoms with Crippen molar-refractivity contribution in [1.29, 1.82) is 0 Å². The van der Waals surface area contributed by atoms with Crippen LogP contribution >= 0.6 is 0 Å². The van der Waals surface area contributed by atoms with E-state index in [1.165, 1.54) is 6.92 Å². The van der Waals surface area contributed by atoms with Crippen LogP contribution in [0.4, 0.5) is 0 Å². The van der Waals surface area contributed by atoms with Crippen molar-refractivity contribution in [3.05, 3.63) is 0 Å². The van der Waals surface area contributed by atoms with Gasteiger partial charge in [0.05, 0.1) is 6.04 Å². The van der Waals surface area contributed by atoms with Gasteiger partial charge < -0.3 is 38.3 Å². The van der Waals surface area contributed by atoms with Gasteiger partial charge in [-0.25, -0.2) is 4.79 Å². The van der Waals surface area contributed by atoms with Crippen molar-refractivity contribution in [2.45, 2.75) is 71.6 Å². The quantitative estimate of drug-likeness (QED) is 0.0980. The molecule has 0 aromatic heterocycles. The summed E-state index contributed by atoms with van der Waals surface area (Å²) in [6, 6.07) is -3.86. The normalized spacial score (nSPS) is 14.8. The van der Waals surface area contributed by atoms with Crippen LogP contribution in [0.2, 0.25) is 0 Å². The molecule has 3 amide bonds. The zero-order valence-electron chi connectivity index (χ0n) is 18.8. The first-order valence-corrected chi connectivity index (χ1v) is 10.2. The number of aliphatic imine (C=N–C) groups is 1. The zero-order valence-corrected chi connectivity index (χ0v) is 18.8. The maximum Gasteiger partial charge on any atom is 0.326 e. The van der Waals surface area contributed by atoms with Gasteiger partial charge in [0, 0.05) is 6.54 Å². The van der Waals surface area contributed by atoms with Gasteiger partial charge in [0.25, 0.3) is 0 Å². The van der Waals surface area contributed by atoms with Crippen molar-refractivity contribution in [2.24, 2.45) is 34.0 Å². The molecular weight excluding hydrogens is 406 g/mol. The Bertz CT molecular complexity index is 662. The molecule has 10 N–H and O–H groups in total. The Balaban J connectivity index is 4.94. The van der Waals surface area contributed by atoms with Crippen molar-refractivity contribution in [3.63, 3.8) is 0 Å². The second-order valence-electron chi connectivity index (χ2n) is 8.08. The Morgan fingerprint density at radius 3 is 1.90 bits per heavy atom. The number of carbonyl (C=O) groups excluding carboxylic acids is 3. The molecule has 0 aromatic carbocycles. The highest BCUT2D eigenvalue weighted by molar-refractivity contribution is 5.94. The minimum absolute atomic E-state index is 0.103. The van der Waals surface area contributed by atoms with E-state index in [0.29, 0.717) is 6.42 Å². The number of guanidine groups is 1. The number of nitrogens with zero attached hydrogens (tertiary/aromatic N) is 1. The summed E-state index contributed by atoms with van der Waals surface area (Å²) >= 11 is 0. The second kappa shape index (κ2) is 13.4. The summed E-state index contributed by atoms with van der Waals surface area (Å²) in [5.74, 6) is -3.40. The second-order valence-corrected chi connectivity index (χ2v) is 8.08. The average Bonchev–Trinajstić information content (AvgIpc) is 2.66. The third-order valence-electron chi connectivity index (χ3n) is 4.58. The molecule has 31 heavy (non-hydrogen) atoms. The molecule has 0 aliphatic carbocycles. The molecule has 0 aromatic rings. The Hall–Kier alpha value is -2.89. The van der Waals surface area contributed by atoms with E-state index in [1.54, 1.807) is 27.7 Å². The Kier molecular flexibility index (Phi) is 12.2. The summed E-state index contributed by atoms with van der Waals surface area (Å²) in [5, 5.41) is 16.8. The maximum atomic E-state index is 12.6. The fourth-order valence-electron chi connectivity index (χ4n) is 2.51. The maximum absolute atomic E-state index is 12.6. The number of carbonyl (C=O) groups is 4. The van der Waals surface area contributed by atoms with Crippen LogP contribution in [0.3, 0.4) is 0 Å². The number of carboxylic acids is 1. The lowest BCUT2D eigenvalue weighted by Gasteiger charge is -2.26. The summed E-state index contributed by atoms with van der Waals surface area (Å²) in [6.45, 7) is 8.71. The number of nitrogens with one attached hydrogen (secondary N) is 3. The molecule has 0 heterocycles. The average molecular weight is 444 g/mol. The van der Waals surface area contributed by atoms with Gasteiger partial charge in [0.15, 0.2) is 5.96 Å². The van der Waals surface area contributed by atoms with E-state index in [4.69, 9.17) is 17.2 Å². The summed E-state index contributed by atoms with van der Waals surface area (Å²) in [6.07, 6.45) is 0.448. The van der Waals surface area contributed by atoms with E-state index in [0.717, 1.165) is 0 Å². The number of carboxylic acid groups (broad SMARTS) is 1. The van der Waals surface area contributed by atoms with Gasteiger partial charge in [-0.15, -0.1) is 0 Å². The van der Waals surface area contributed by atoms with Crippen molar-refractivity contribution < 1.29 is 24.3 Å². The highest BCUT2D eigenvalue weighted by Crippen LogP contribution is 2.06. The molecule has 12 heteroatoms. The molecule has 12 nitrogen and oxygen atoms in total. The first-order valence-electron chi connectivity index (χ1n) is 10.2. The predicted octanol–water partition coefficient (Wildman–Crippen LogP) is -1.76. The van der Waals surface area contributed by atoms with Crippen LogP contribution in [0.5, 0.6) is 0 Å². The molecule has 0 saturated carbocycles. The number of hydrogen-bond donors (Lipinski definition) is 7. The number of nitrogens with two attached hydrogens (primary N) is 3. The lowest BCUT2D eigenvalue weighted by Crippen LogP contribution is -2.58. The van der Waals surface area contributed by atoms with Gasteiger partial charge >= 0.3 is 5.97 Å². The molecule has 0 fully saturated rings. The first kappa shape index (κ1) is 28.1. The Morgan fingerprint density at radius 2 is 1.45 bits per heavy atom. The van der Waals surface area contributed by atoms with Gasteiger partial charge in [-0.3, -0.25) is 19.4 Å². The number of hydrogen-bond acceptors (Lipinski definition) is 6. The standard InChI is InChI=1S/C19H37N7O5/c1-9(2)13(20)16(28)26-14(10(3)4)17(29)24-11(5)15(27)25-12(18(30)31)7-6-8-23-19(21)22/h9-14H,6-8,20H2,1-5H3,(H,24,29)(H,25,27)(H,26,28)(H,30,31)(H4,21,22,23). The zero-order chi connectivity index (χ0) is 24.3. The monoisotopic (exact) mass is 443 g/mol. The first-order chi connectivity index (χ1) is 14.3. The van der Waals surface area contributed by atoms with E-state index in [2.05, 4.69) is 20.9 Å². The third kappa shape index (κ3) is 10.6. The molecule has 4 unspecified atom stereocenters. The topological polar surface area (TPSA) is 215 Å². The lowest BCUT2D eigenvalue weighted by atomic mass is 10.00. The molecular formula is C19H37N7O5. The molecule has 178 valence electrons. The minimum Gasteiger partial charge on any atom is -0.480 e. The van der Waals surface area contributed by atoms with Crippen molar-refractivity contribution in [2.75, 3.05) is 6.54 Å². The largest absolute Gasteiger partial charge is 0.480 e. The van der Waals surface area contributed by atoms with Gasteiger partial charge in [0.2, 0.25) is 17.7 Å². The number of rotatable bonds is 13. The number of aliphatic carboxylic acids is 1. The summed E-state index contributed by atoms with van der Waals surface area (Å²) in [4.78, 5) is 52.4. The summed E-state index contributed by atoms with van der Waals surface area (Å²) < 4.78 is 0. The van der Waals surface area contributed by atoms with E-state index < -0.39 is 47.9 Å². The SMILES string of the molecule is CC(NC(=O)C(NC(=O)C(N)C(C)C)C(C)C)C(=O)NC(CCCN=C(N)N)C(=O)O. The van der Waals surface area contributed by atoms with Gasteiger partial charge in [-0.1, -0.05) is 27.7 Å². The van der Waals surface area contributed by atoms with Crippen LogP contribution in [-0.2, 0) is 19.2 Å². The molecule has 0 aliphatic heterocycles. The van der Waals surface area contributed by atoms with Crippen LogP contribution in [0, 0.1) is 11.8 Å². The fourth-order valence-corrected chi connectivity index (χ4v) is 2.51. The lowest BCUT2D eigenvalue weighted by molar-refractivity contribution is -0.142. The van der Waals surface area contributed by atoms with Gasteiger partial charge in [-0.05, 0) is 31.6 Å². The third-order valence-corrected chi connectivity index (χ3v) is 4.58. The Morgan fingerprint density at radius 1 is 0.871 bits per heavy atom. The molecule has 0 spiro atoms. The minimum atomic E-state index is -1.22. The van der Waals surface area contributed by atoms with Crippen LogP contribution < -0.4 is 33.2 Å². The predicted molar refractivity (Wildman–Crippen MR) is 117 cm³/mol. The van der Waals surface area contributed by atoms with Crippen LogP contribution in [-0.4, -0.2) is 65.5 Å². The van der Waals surface area contributed by atoms with Gasteiger partial charge in [0.1, 0.15) is 18.1 Å². The van der Waals surface area contributed by atoms with E-state index >= 15 is 0 Å². The highest BCUT2D eigenvalue weighted by atomic mass is 16.4. The summed E-state index contributed by atoms with van der Waals surface area (Å²) in [5.41, 5.74) is 16.2. The Labute approximate surface area is 182 Å². The van der Waals surface area contributed by atoms with Crippen LogP contribution in [0.15, 0.2) is 4.99 Å². The molecule has 0 rings (SSSR count). The van der Waals surface area contributed by atoms with Crippen LogP contribution in [0.25, 0.3) is 0 Å². The van der Waals surface area contributed by atoms with E-state index in [9.17, 15) is 24.3 Å². The summed E-state index contributed by atoms with van der Waals surface area (Å²) in [7, 11) is 0. The van der Waals surface area contributed by atoms with Crippen molar-refractivity contribution in [1.82, 2.24) is 16.0 Å². The smallest absolute Gasteiger partial charge is 0.326 e. The molecule has 0 aliphatic rings. The molecule has 4 atom stereocenters. The van der Waals surface area contributed by atoms with E-state index in [1.807, 2.05) is 0 Å². The van der Waals surface area contributed by atoms with Crippen molar-refractivity contribution in [3.8, 4) is 0 Å². The highest BCUT2D eigenvalue weighted by Gasteiger charge is 2.30. The fraction of sp³-hybridized carbons (Fsp3) is 0.737. The molecule has 0 radical (unpaired) electrons. The van der Waals surface area contributed by atoms with Crippen molar-refractivity contribution >= 4 is 29.7 Å². The van der Waals surface area contributed by atoms with Gasteiger partial charge in [-0.2, -0.15) is 0 Å². The van der Waals surface area contributed by atoms with Crippen LogP contribution in [0.1, 0.15) is 47.5 Å². The van der Waals surface area contributed by atoms with E-state index in [-0.39, 0.29) is 30.8 Å².